The average molecular weight is 443 g/mol. The van der Waals surface area contributed by atoms with Crippen LogP contribution in [0.15, 0.2) is 45.7 Å². The number of carbonyl (C=O) groups is 1. The van der Waals surface area contributed by atoms with Crippen LogP contribution in [-0.2, 0) is 4.74 Å². The van der Waals surface area contributed by atoms with Crippen LogP contribution >= 0.6 is 15.9 Å². The summed E-state index contributed by atoms with van der Waals surface area (Å²) < 4.78 is 6.73. The Morgan fingerprint density at radius 2 is 1.93 bits per heavy atom. The first-order chi connectivity index (χ1) is 13.5. The van der Waals surface area contributed by atoms with Crippen molar-refractivity contribution in [2.24, 2.45) is 17.3 Å². The molecule has 1 aromatic carbocycles. The normalized spacial score (nSPS) is 37.1. The van der Waals surface area contributed by atoms with E-state index in [0.717, 1.165) is 61.6 Å². The van der Waals surface area contributed by atoms with Crippen LogP contribution in [0.4, 0.5) is 0 Å². The molecule has 0 saturated heterocycles. The molecule has 0 spiro atoms. The highest BCUT2D eigenvalue weighted by Gasteiger charge is 2.56. The zero-order valence-electron chi connectivity index (χ0n) is 16.3. The Hall–Kier alpha value is -1.39. The van der Waals surface area contributed by atoms with Crippen molar-refractivity contribution in [3.05, 3.63) is 56.8 Å². The largest absolute Gasteiger partial charge is 0.486 e. The van der Waals surface area contributed by atoms with Gasteiger partial charge in [0.15, 0.2) is 4.67 Å². The van der Waals surface area contributed by atoms with Gasteiger partial charge in [0.05, 0.1) is 12.7 Å². The lowest BCUT2D eigenvalue weighted by Crippen LogP contribution is -2.45. The molecule has 1 aliphatic heterocycles. The van der Waals surface area contributed by atoms with E-state index in [2.05, 4.69) is 35.0 Å². The molecule has 5 rings (SSSR count). The molecule has 28 heavy (non-hydrogen) atoms. The minimum atomic E-state index is -0.209. The first-order valence-corrected chi connectivity index (χ1v) is 11.3. The molecule has 4 heteroatoms. The van der Waals surface area contributed by atoms with Crippen molar-refractivity contribution in [2.45, 2.75) is 57.5 Å². The molecule has 2 saturated carbocycles. The Balaban J connectivity index is 1.68. The second-order valence-corrected chi connectivity index (χ2v) is 9.90. The number of rotatable bonds is 2. The number of hydrogen-bond donors (Lipinski definition) is 1. The second-order valence-electron chi connectivity index (χ2n) is 9.18. The van der Waals surface area contributed by atoms with Crippen LogP contribution in [0, 0.1) is 17.3 Å². The van der Waals surface area contributed by atoms with E-state index in [4.69, 9.17) is 4.74 Å². The maximum Gasteiger partial charge on any atom is 0.165 e. The standard InChI is InChI=1S/C24H27BrO3/c1-24-12-19(15-4-2-14(13-26)3-5-15)22-16-10-11-28-23(25)17(16)6-7-18(22)20(24)8-9-21(24)27/h2-5,13,18-21,27H,6-12H2,1H3/t18?,19-,20?,21+,24+/m1/s1. The van der Waals surface area contributed by atoms with E-state index in [1.54, 1.807) is 5.57 Å². The quantitative estimate of drug-likeness (QED) is 0.615. The van der Waals surface area contributed by atoms with Gasteiger partial charge in [-0.2, -0.15) is 0 Å². The smallest absolute Gasteiger partial charge is 0.165 e. The van der Waals surface area contributed by atoms with Gasteiger partial charge in [-0.25, -0.2) is 0 Å². The molecule has 2 fully saturated rings. The minimum absolute atomic E-state index is 0.0215. The summed E-state index contributed by atoms with van der Waals surface area (Å²) in [5.41, 5.74) is 6.43. The number of aldehydes is 1. The summed E-state index contributed by atoms with van der Waals surface area (Å²) in [6.07, 6.45) is 6.92. The molecule has 2 unspecified atom stereocenters. The number of aliphatic hydroxyl groups excluding tert-OH is 1. The van der Waals surface area contributed by atoms with Gasteiger partial charge in [0.1, 0.15) is 6.29 Å². The molecule has 3 nitrogen and oxygen atoms in total. The number of fused-ring (bicyclic) bond motifs is 4. The number of allylic oxidation sites excluding steroid dienone is 2. The van der Waals surface area contributed by atoms with Crippen LogP contribution in [0.1, 0.15) is 67.3 Å². The predicted molar refractivity (Wildman–Crippen MR) is 112 cm³/mol. The van der Waals surface area contributed by atoms with Gasteiger partial charge in [-0.05, 0) is 76.4 Å². The number of aliphatic hydroxyl groups is 1. The van der Waals surface area contributed by atoms with Crippen LogP contribution in [0.5, 0.6) is 0 Å². The molecular weight excluding hydrogens is 416 g/mol. The summed E-state index contributed by atoms with van der Waals surface area (Å²) in [5.74, 6) is 1.42. The van der Waals surface area contributed by atoms with E-state index in [9.17, 15) is 9.90 Å². The minimum Gasteiger partial charge on any atom is -0.486 e. The van der Waals surface area contributed by atoms with Gasteiger partial charge < -0.3 is 9.84 Å². The van der Waals surface area contributed by atoms with Gasteiger partial charge in [-0.15, -0.1) is 0 Å². The van der Waals surface area contributed by atoms with Crippen molar-refractivity contribution in [3.8, 4) is 0 Å². The number of hydrogen-bond acceptors (Lipinski definition) is 3. The summed E-state index contributed by atoms with van der Waals surface area (Å²) in [5, 5.41) is 10.9. The SMILES string of the molecule is C[C@]12C[C@H](c3ccc(C=O)cc3)C3=C4CCOC(Br)=C4CCC3C1CC[C@@H]2O. The van der Waals surface area contributed by atoms with Gasteiger partial charge in [0, 0.05) is 23.5 Å². The van der Waals surface area contributed by atoms with Gasteiger partial charge in [0.2, 0.25) is 0 Å². The Labute approximate surface area is 175 Å². The van der Waals surface area contributed by atoms with Crippen molar-refractivity contribution in [1.29, 1.82) is 0 Å². The zero-order chi connectivity index (χ0) is 19.5. The molecule has 0 aromatic heterocycles. The van der Waals surface area contributed by atoms with Crippen molar-refractivity contribution in [1.82, 2.24) is 0 Å². The molecule has 1 heterocycles. The third-order valence-corrected chi connectivity index (χ3v) is 8.68. The molecule has 0 bridgehead atoms. The highest BCUT2D eigenvalue weighted by atomic mass is 79.9. The summed E-state index contributed by atoms with van der Waals surface area (Å²) in [6.45, 7) is 3.05. The fourth-order valence-electron chi connectivity index (χ4n) is 6.58. The van der Waals surface area contributed by atoms with Crippen LogP contribution in [-0.4, -0.2) is 24.1 Å². The van der Waals surface area contributed by atoms with Crippen molar-refractivity contribution in [2.75, 3.05) is 6.61 Å². The average Bonchev–Trinajstić information content (AvgIpc) is 3.02. The van der Waals surface area contributed by atoms with Crippen LogP contribution in [0.25, 0.3) is 0 Å². The summed E-state index contributed by atoms with van der Waals surface area (Å²) >= 11 is 3.66. The van der Waals surface area contributed by atoms with E-state index in [-0.39, 0.29) is 11.5 Å². The van der Waals surface area contributed by atoms with Crippen molar-refractivity contribution < 1.29 is 14.6 Å². The molecule has 5 atom stereocenters. The van der Waals surface area contributed by atoms with Crippen molar-refractivity contribution >= 4 is 22.2 Å². The Morgan fingerprint density at radius 3 is 2.68 bits per heavy atom. The van der Waals surface area contributed by atoms with E-state index < -0.39 is 0 Å². The number of benzene rings is 1. The highest BCUT2D eigenvalue weighted by molar-refractivity contribution is 9.11. The fourth-order valence-corrected chi connectivity index (χ4v) is 7.18. The van der Waals surface area contributed by atoms with E-state index in [1.807, 2.05) is 12.1 Å². The maximum atomic E-state index is 11.1. The lowest BCUT2D eigenvalue weighted by Gasteiger charge is -2.52. The van der Waals surface area contributed by atoms with Gasteiger partial charge in [-0.1, -0.05) is 36.8 Å². The third kappa shape index (κ3) is 2.68. The Morgan fingerprint density at radius 1 is 1.14 bits per heavy atom. The summed E-state index contributed by atoms with van der Waals surface area (Å²) in [7, 11) is 0. The van der Waals surface area contributed by atoms with Crippen molar-refractivity contribution in [3.63, 3.8) is 0 Å². The predicted octanol–water partition coefficient (Wildman–Crippen LogP) is 5.50. The van der Waals surface area contributed by atoms with E-state index in [0.29, 0.717) is 17.8 Å². The number of halogens is 1. The monoisotopic (exact) mass is 442 g/mol. The molecule has 1 aromatic rings. The first kappa shape index (κ1) is 18.6. The van der Waals surface area contributed by atoms with Gasteiger partial charge >= 0.3 is 0 Å². The fraction of sp³-hybridized carbons (Fsp3) is 0.542. The maximum absolute atomic E-state index is 11.1. The molecule has 3 aliphatic carbocycles. The number of carbonyl (C=O) groups excluding carboxylic acids is 1. The molecule has 0 radical (unpaired) electrons. The Bertz CT molecular complexity index is 868. The van der Waals surface area contributed by atoms with E-state index >= 15 is 0 Å². The molecular formula is C24H27BrO3. The van der Waals surface area contributed by atoms with E-state index in [1.165, 1.54) is 16.7 Å². The van der Waals surface area contributed by atoms with Gasteiger partial charge in [-0.3, -0.25) is 4.79 Å². The van der Waals surface area contributed by atoms with Crippen LogP contribution in [0.2, 0.25) is 0 Å². The number of ether oxygens (including phenoxy) is 1. The third-order valence-electron chi connectivity index (χ3n) is 7.98. The molecule has 4 aliphatic rings. The summed E-state index contributed by atoms with van der Waals surface area (Å²) in [6, 6.07) is 8.11. The van der Waals surface area contributed by atoms with Crippen LogP contribution < -0.4 is 0 Å². The van der Waals surface area contributed by atoms with Gasteiger partial charge in [0.25, 0.3) is 0 Å². The second kappa shape index (κ2) is 6.84. The Kier molecular flexibility index (Phi) is 4.55. The topological polar surface area (TPSA) is 46.5 Å². The summed E-state index contributed by atoms with van der Waals surface area (Å²) in [4.78, 5) is 11.1. The van der Waals surface area contributed by atoms with Crippen LogP contribution in [0.3, 0.4) is 0 Å². The first-order valence-electron chi connectivity index (χ1n) is 10.5. The lowest BCUT2D eigenvalue weighted by atomic mass is 9.53. The molecule has 1 N–H and O–H groups in total. The highest BCUT2D eigenvalue weighted by Crippen LogP contribution is 2.64. The molecule has 148 valence electrons. The molecule has 0 amide bonds. The lowest BCUT2D eigenvalue weighted by molar-refractivity contribution is -0.00333. The zero-order valence-corrected chi connectivity index (χ0v) is 17.9.